The van der Waals surface area contributed by atoms with Gasteiger partial charge in [0.2, 0.25) is 0 Å². The van der Waals surface area contributed by atoms with Gasteiger partial charge in [0, 0.05) is 18.6 Å². The maximum atomic E-state index is 3.59. The Hall–Kier alpha value is -0.0800. The molecule has 3 atom stereocenters. The van der Waals surface area contributed by atoms with E-state index in [1.807, 2.05) is 0 Å². The first-order valence-electron chi connectivity index (χ1n) is 6.74. The zero-order chi connectivity index (χ0) is 10.4. The smallest absolute Gasteiger partial charge is 0.0165 e. The topological polar surface area (TPSA) is 15.3 Å². The first-order chi connectivity index (χ1) is 7.27. The van der Waals surface area contributed by atoms with Crippen molar-refractivity contribution in [3.05, 3.63) is 0 Å². The van der Waals surface area contributed by atoms with Gasteiger partial charge < -0.3 is 5.32 Å². The third kappa shape index (κ3) is 1.72. The summed E-state index contributed by atoms with van der Waals surface area (Å²) in [5.74, 6) is 2.78. The molecule has 2 nitrogen and oxygen atoms in total. The van der Waals surface area contributed by atoms with Gasteiger partial charge in [-0.15, -0.1) is 0 Å². The molecule has 3 aliphatic rings. The standard InChI is InChI=1S/C13H24N2/c1-9(2)13-12-7-14-6-5-10(12)8-15(13)11-3-4-11/h9-14H,3-8H2,1-2H3. The molecule has 0 aromatic carbocycles. The van der Waals surface area contributed by atoms with Gasteiger partial charge in [0.25, 0.3) is 0 Å². The first-order valence-corrected chi connectivity index (χ1v) is 6.74. The van der Waals surface area contributed by atoms with Gasteiger partial charge >= 0.3 is 0 Å². The van der Waals surface area contributed by atoms with Crippen LogP contribution in [0, 0.1) is 17.8 Å². The van der Waals surface area contributed by atoms with Gasteiger partial charge in [0.1, 0.15) is 0 Å². The van der Waals surface area contributed by atoms with Gasteiger partial charge in [-0.05, 0) is 50.1 Å². The SMILES string of the molecule is CC(C)C1C2CNCCC2CN1C1CC1. The Kier molecular flexibility index (Phi) is 2.52. The number of fused-ring (bicyclic) bond motifs is 1. The third-order valence-electron chi connectivity index (χ3n) is 4.64. The summed E-state index contributed by atoms with van der Waals surface area (Å²) >= 11 is 0. The maximum Gasteiger partial charge on any atom is 0.0165 e. The van der Waals surface area contributed by atoms with Crippen molar-refractivity contribution in [3.63, 3.8) is 0 Å². The summed E-state index contributed by atoms with van der Waals surface area (Å²) in [5.41, 5.74) is 0. The molecular weight excluding hydrogens is 184 g/mol. The number of hydrogen-bond donors (Lipinski definition) is 1. The van der Waals surface area contributed by atoms with E-state index in [1.54, 1.807) is 0 Å². The fourth-order valence-corrected chi connectivity index (χ4v) is 3.88. The van der Waals surface area contributed by atoms with E-state index >= 15 is 0 Å². The van der Waals surface area contributed by atoms with Crippen LogP contribution in [0.4, 0.5) is 0 Å². The van der Waals surface area contributed by atoms with Crippen molar-refractivity contribution in [2.75, 3.05) is 19.6 Å². The monoisotopic (exact) mass is 208 g/mol. The van der Waals surface area contributed by atoms with Crippen molar-refractivity contribution < 1.29 is 0 Å². The normalized spacial score (nSPS) is 42.2. The van der Waals surface area contributed by atoms with Crippen molar-refractivity contribution in [3.8, 4) is 0 Å². The molecular formula is C13H24N2. The number of hydrogen-bond acceptors (Lipinski definition) is 2. The summed E-state index contributed by atoms with van der Waals surface area (Å²) < 4.78 is 0. The number of rotatable bonds is 2. The Labute approximate surface area is 93.4 Å². The molecule has 0 spiro atoms. The minimum absolute atomic E-state index is 0.834. The molecule has 3 fully saturated rings. The molecule has 15 heavy (non-hydrogen) atoms. The van der Waals surface area contributed by atoms with E-state index in [2.05, 4.69) is 24.1 Å². The van der Waals surface area contributed by atoms with Crippen LogP contribution in [0.5, 0.6) is 0 Å². The average Bonchev–Trinajstić information content (AvgIpc) is 2.98. The van der Waals surface area contributed by atoms with E-state index < -0.39 is 0 Å². The summed E-state index contributed by atoms with van der Waals surface area (Å²) in [4.78, 5) is 2.85. The molecule has 3 rings (SSSR count). The molecule has 86 valence electrons. The highest BCUT2D eigenvalue weighted by atomic mass is 15.3. The molecule has 0 aromatic rings. The lowest BCUT2D eigenvalue weighted by molar-refractivity contribution is 0.161. The zero-order valence-electron chi connectivity index (χ0n) is 10.1. The van der Waals surface area contributed by atoms with Crippen molar-refractivity contribution in [2.24, 2.45) is 17.8 Å². The Morgan fingerprint density at radius 2 is 2.00 bits per heavy atom. The first kappa shape index (κ1) is 10.1. The highest BCUT2D eigenvalue weighted by molar-refractivity contribution is 5.02. The van der Waals surface area contributed by atoms with Crippen LogP contribution in [0.1, 0.15) is 33.1 Å². The number of nitrogens with zero attached hydrogens (tertiary/aromatic N) is 1. The molecule has 2 heterocycles. The molecule has 0 aromatic heterocycles. The van der Waals surface area contributed by atoms with Crippen molar-refractivity contribution >= 4 is 0 Å². The lowest BCUT2D eigenvalue weighted by Gasteiger charge is -2.34. The second-order valence-corrected chi connectivity index (χ2v) is 6.08. The summed E-state index contributed by atoms with van der Waals surface area (Å²) in [6, 6.07) is 1.83. The van der Waals surface area contributed by atoms with E-state index in [0.717, 1.165) is 29.8 Å². The summed E-state index contributed by atoms with van der Waals surface area (Å²) in [5, 5.41) is 3.59. The van der Waals surface area contributed by atoms with Crippen molar-refractivity contribution in [1.29, 1.82) is 0 Å². The van der Waals surface area contributed by atoms with Crippen LogP contribution in [-0.2, 0) is 0 Å². The van der Waals surface area contributed by atoms with Crippen LogP contribution in [0.2, 0.25) is 0 Å². The van der Waals surface area contributed by atoms with Crippen molar-refractivity contribution in [2.45, 2.75) is 45.2 Å². The minimum atomic E-state index is 0.834. The largest absolute Gasteiger partial charge is 0.316 e. The molecule has 1 aliphatic carbocycles. The Morgan fingerprint density at radius 3 is 2.67 bits per heavy atom. The van der Waals surface area contributed by atoms with E-state index in [1.165, 1.54) is 38.9 Å². The molecule has 3 unspecified atom stereocenters. The van der Waals surface area contributed by atoms with Gasteiger partial charge in [0.15, 0.2) is 0 Å². The van der Waals surface area contributed by atoms with Gasteiger partial charge in [0.05, 0.1) is 0 Å². The molecule has 0 radical (unpaired) electrons. The highest BCUT2D eigenvalue weighted by Gasteiger charge is 2.48. The Bertz CT molecular complexity index is 233. The predicted octanol–water partition coefficient (Wildman–Crippen LogP) is 1.71. The number of piperidine rings is 1. The molecule has 2 aliphatic heterocycles. The lowest BCUT2D eigenvalue weighted by atomic mass is 9.81. The quantitative estimate of drug-likeness (QED) is 0.743. The maximum absolute atomic E-state index is 3.59. The molecule has 1 saturated carbocycles. The van der Waals surface area contributed by atoms with Crippen LogP contribution in [0.25, 0.3) is 0 Å². The summed E-state index contributed by atoms with van der Waals surface area (Å²) in [7, 11) is 0. The fraction of sp³-hybridized carbons (Fsp3) is 1.00. The van der Waals surface area contributed by atoms with E-state index in [4.69, 9.17) is 0 Å². The number of nitrogens with one attached hydrogen (secondary N) is 1. The predicted molar refractivity (Wildman–Crippen MR) is 62.8 cm³/mol. The lowest BCUT2D eigenvalue weighted by Crippen LogP contribution is -2.43. The molecule has 1 N–H and O–H groups in total. The Morgan fingerprint density at radius 1 is 1.20 bits per heavy atom. The van der Waals surface area contributed by atoms with Crippen molar-refractivity contribution in [1.82, 2.24) is 10.2 Å². The minimum Gasteiger partial charge on any atom is -0.316 e. The third-order valence-corrected chi connectivity index (χ3v) is 4.64. The molecule has 2 saturated heterocycles. The van der Waals surface area contributed by atoms with E-state index in [0.29, 0.717) is 0 Å². The van der Waals surface area contributed by atoms with Crippen LogP contribution < -0.4 is 5.32 Å². The van der Waals surface area contributed by atoms with Crippen LogP contribution in [0.15, 0.2) is 0 Å². The summed E-state index contributed by atoms with van der Waals surface area (Å²) in [6.45, 7) is 8.76. The highest BCUT2D eigenvalue weighted by Crippen LogP contribution is 2.43. The van der Waals surface area contributed by atoms with Crippen LogP contribution in [-0.4, -0.2) is 36.6 Å². The average molecular weight is 208 g/mol. The second kappa shape index (κ2) is 3.74. The Balaban J connectivity index is 1.78. The van der Waals surface area contributed by atoms with Gasteiger partial charge in [-0.25, -0.2) is 0 Å². The van der Waals surface area contributed by atoms with Gasteiger partial charge in [-0.1, -0.05) is 13.8 Å². The molecule has 2 heteroatoms. The summed E-state index contributed by atoms with van der Waals surface area (Å²) in [6.07, 6.45) is 4.35. The van der Waals surface area contributed by atoms with Crippen LogP contribution >= 0.6 is 0 Å². The fourth-order valence-electron chi connectivity index (χ4n) is 3.88. The second-order valence-electron chi connectivity index (χ2n) is 6.08. The molecule has 0 bridgehead atoms. The van der Waals surface area contributed by atoms with E-state index in [9.17, 15) is 0 Å². The van der Waals surface area contributed by atoms with Gasteiger partial charge in [-0.2, -0.15) is 0 Å². The number of likely N-dealkylation sites (tertiary alicyclic amines) is 1. The van der Waals surface area contributed by atoms with E-state index in [-0.39, 0.29) is 0 Å². The zero-order valence-corrected chi connectivity index (χ0v) is 10.1. The van der Waals surface area contributed by atoms with Crippen LogP contribution in [0.3, 0.4) is 0 Å². The van der Waals surface area contributed by atoms with Gasteiger partial charge in [-0.3, -0.25) is 4.90 Å². The molecule has 0 amide bonds.